The fourth-order valence-electron chi connectivity index (χ4n) is 1.61. The highest BCUT2D eigenvalue weighted by atomic mass is 16.5. The summed E-state index contributed by atoms with van der Waals surface area (Å²) in [5.41, 5.74) is 0. The Morgan fingerprint density at radius 2 is 2.46 bits per heavy atom. The Bertz CT molecular complexity index is 167. The summed E-state index contributed by atoms with van der Waals surface area (Å²) >= 11 is 0. The molecule has 1 heterocycles. The molecule has 2 atom stereocenters. The van der Waals surface area contributed by atoms with Crippen LogP contribution < -0.4 is 0 Å². The van der Waals surface area contributed by atoms with Gasteiger partial charge in [-0.3, -0.25) is 4.79 Å². The summed E-state index contributed by atoms with van der Waals surface area (Å²) in [6.07, 6.45) is 0.945. The molecule has 4 heteroatoms. The molecule has 1 rings (SSSR count). The van der Waals surface area contributed by atoms with E-state index in [9.17, 15) is 4.79 Å². The second-order valence-corrected chi connectivity index (χ2v) is 3.22. The molecule has 0 radical (unpaired) electrons. The first-order valence-corrected chi connectivity index (χ1v) is 4.65. The highest BCUT2D eigenvalue weighted by Gasteiger charge is 2.27. The van der Waals surface area contributed by atoms with E-state index in [2.05, 4.69) is 0 Å². The van der Waals surface area contributed by atoms with Crippen LogP contribution in [0.3, 0.4) is 0 Å². The lowest BCUT2D eigenvalue weighted by atomic mass is 9.94. The van der Waals surface area contributed by atoms with Crippen molar-refractivity contribution >= 4 is 5.97 Å². The molecule has 0 bridgehead atoms. The van der Waals surface area contributed by atoms with E-state index in [1.54, 1.807) is 0 Å². The normalized spacial score (nSPS) is 28.7. The number of hydrogen-bond acceptors (Lipinski definition) is 3. The first kappa shape index (κ1) is 10.5. The van der Waals surface area contributed by atoms with Crippen LogP contribution in [0.4, 0.5) is 0 Å². The molecule has 0 spiro atoms. The number of rotatable bonds is 4. The topological polar surface area (TPSA) is 55.8 Å². The van der Waals surface area contributed by atoms with Gasteiger partial charge in [0.1, 0.15) is 0 Å². The molecule has 1 aliphatic heterocycles. The summed E-state index contributed by atoms with van der Waals surface area (Å²) in [6.45, 7) is 3.71. The summed E-state index contributed by atoms with van der Waals surface area (Å²) in [5, 5.41) is 8.66. The maximum absolute atomic E-state index is 10.5. The van der Waals surface area contributed by atoms with Gasteiger partial charge in [-0.15, -0.1) is 0 Å². The number of aliphatic carboxylic acids is 1. The van der Waals surface area contributed by atoms with Crippen LogP contribution in [0.25, 0.3) is 0 Å². The van der Waals surface area contributed by atoms with E-state index in [1.165, 1.54) is 0 Å². The van der Waals surface area contributed by atoms with Crippen LogP contribution >= 0.6 is 0 Å². The maximum Gasteiger partial charge on any atom is 0.303 e. The Labute approximate surface area is 77.8 Å². The van der Waals surface area contributed by atoms with Gasteiger partial charge in [0, 0.05) is 13.2 Å². The summed E-state index contributed by atoms with van der Waals surface area (Å²) in [6, 6.07) is 0. The van der Waals surface area contributed by atoms with Crippen molar-refractivity contribution in [2.24, 2.45) is 5.92 Å². The molecule has 4 nitrogen and oxygen atoms in total. The Morgan fingerprint density at radius 1 is 1.69 bits per heavy atom. The molecular weight excluding hydrogens is 172 g/mol. The third-order valence-corrected chi connectivity index (χ3v) is 2.26. The van der Waals surface area contributed by atoms with Crippen LogP contribution in [-0.4, -0.2) is 37.0 Å². The van der Waals surface area contributed by atoms with Crippen molar-refractivity contribution < 1.29 is 19.4 Å². The summed E-state index contributed by atoms with van der Waals surface area (Å²) in [7, 11) is 0. The van der Waals surface area contributed by atoms with Crippen molar-refractivity contribution in [3.63, 3.8) is 0 Å². The average molecular weight is 188 g/mol. The second kappa shape index (κ2) is 5.19. The molecule has 0 amide bonds. The Morgan fingerprint density at radius 3 is 3.08 bits per heavy atom. The molecule has 1 N–H and O–H groups in total. The second-order valence-electron chi connectivity index (χ2n) is 3.22. The molecule has 0 aromatic rings. The third kappa shape index (κ3) is 3.32. The molecule has 1 saturated heterocycles. The van der Waals surface area contributed by atoms with Gasteiger partial charge in [0.25, 0.3) is 0 Å². The van der Waals surface area contributed by atoms with Crippen LogP contribution in [0.2, 0.25) is 0 Å². The van der Waals surface area contributed by atoms with Crippen molar-refractivity contribution in [2.75, 3.05) is 19.8 Å². The van der Waals surface area contributed by atoms with Gasteiger partial charge in [0.15, 0.2) is 0 Å². The number of ether oxygens (including phenoxy) is 2. The van der Waals surface area contributed by atoms with E-state index in [0.717, 1.165) is 6.42 Å². The summed E-state index contributed by atoms with van der Waals surface area (Å²) in [4.78, 5) is 10.5. The molecule has 0 aromatic heterocycles. The van der Waals surface area contributed by atoms with E-state index >= 15 is 0 Å². The molecule has 0 saturated carbocycles. The van der Waals surface area contributed by atoms with Crippen molar-refractivity contribution in [3.8, 4) is 0 Å². The number of carboxylic acid groups (broad SMARTS) is 1. The van der Waals surface area contributed by atoms with Crippen LogP contribution in [0.15, 0.2) is 0 Å². The van der Waals surface area contributed by atoms with Crippen LogP contribution in [0.1, 0.15) is 19.8 Å². The molecule has 76 valence electrons. The van der Waals surface area contributed by atoms with E-state index < -0.39 is 5.97 Å². The quantitative estimate of drug-likeness (QED) is 0.712. The van der Waals surface area contributed by atoms with Gasteiger partial charge in [0.05, 0.1) is 19.1 Å². The smallest absolute Gasteiger partial charge is 0.303 e. The highest BCUT2D eigenvalue weighted by Crippen LogP contribution is 2.21. The predicted octanol–water partition coefficient (Wildman–Crippen LogP) is 0.903. The minimum atomic E-state index is -0.753. The minimum absolute atomic E-state index is 0.0325. The lowest BCUT2D eigenvalue weighted by molar-refractivity contribution is -0.143. The Hall–Kier alpha value is -0.610. The zero-order valence-electron chi connectivity index (χ0n) is 7.86. The van der Waals surface area contributed by atoms with Gasteiger partial charge in [-0.1, -0.05) is 0 Å². The summed E-state index contributed by atoms with van der Waals surface area (Å²) < 4.78 is 10.6. The molecule has 1 fully saturated rings. The lowest BCUT2D eigenvalue weighted by Crippen LogP contribution is -2.36. The fraction of sp³-hybridized carbons (Fsp3) is 0.889. The fourth-order valence-corrected chi connectivity index (χ4v) is 1.61. The largest absolute Gasteiger partial charge is 0.481 e. The monoisotopic (exact) mass is 188 g/mol. The standard InChI is InChI=1S/C9H16O4/c1-2-13-8-6-12-4-3-7(8)5-9(10)11/h7-8H,2-6H2,1H3,(H,10,11). The number of carboxylic acids is 1. The highest BCUT2D eigenvalue weighted by molar-refractivity contribution is 5.67. The van der Waals surface area contributed by atoms with Gasteiger partial charge in [-0.05, 0) is 19.3 Å². The van der Waals surface area contributed by atoms with E-state index in [-0.39, 0.29) is 18.4 Å². The maximum atomic E-state index is 10.5. The zero-order chi connectivity index (χ0) is 9.68. The Kier molecular flexibility index (Phi) is 4.18. The van der Waals surface area contributed by atoms with Gasteiger partial charge >= 0.3 is 5.97 Å². The van der Waals surface area contributed by atoms with Gasteiger partial charge in [-0.25, -0.2) is 0 Å². The molecule has 2 unspecified atom stereocenters. The van der Waals surface area contributed by atoms with Crippen molar-refractivity contribution in [3.05, 3.63) is 0 Å². The third-order valence-electron chi connectivity index (χ3n) is 2.26. The van der Waals surface area contributed by atoms with E-state index in [4.69, 9.17) is 14.6 Å². The van der Waals surface area contributed by atoms with Crippen molar-refractivity contribution in [2.45, 2.75) is 25.9 Å². The van der Waals surface area contributed by atoms with Gasteiger partial charge in [-0.2, -0.15) is 0 Å². The van der Waals surface area contributed by atoms with Crippen LogP contribution in [0.5, 0.6) is 0 Å². The van der Waals surface area contributed by atoms with Crippen molar-refractivity contribution in [1.29, 1.82) is 0 Å². The van der Waals surface area contributed by atoms with E-state index in [1.807, 2.05) is 6.92 Å². The molecular formula is C9H16O4. The first-order chi connectivity index (χ1) is 6.24. The summed E-state index contributed by atoms with van der Waals surface area (Å²) in [5.74, 6) is -0.636. The molecule has 0 aromatic carbocycles. The van der Waals surface area contributed by atoms with Gasteiger partial charge < -0.3 is 14.6 Å². The Balaban J connectivity index is 2.41. The number of hydrogen-bond donors (Lipinski definition) is 1. The predicted molar refractivity (Wildman–Crippen MR) is 46.6 cm³/mol. The van der Waals surface area contributed by atoms with Crippen LogP contribution in [-0.2, 0) is 14.3 Å². The first-order valence-electron chi connectivity index (χ1n) is 4.65. The molecule has 0 aliphatic carbocycles. The number of carbonyl (C=O) groups is 1. The zero-order valence-corrected chi connectivity index (χ0v) is 7.86. The SMILES string of the molecule is CCOC1COCCC1CC(=O)O. The lowest BCUT2D eigenvalue weighted by Gasteiger charge is -2.30. The average Bonchev–Trinajstić information content (AvgIpc) is 2.08. The molecule has 13 heavy (non-hydrogen) atoms. The minimum Gasteiger partial charge on any atom is -0.481 e. The van der Waals surface area contributed by atoms with Gasteiger partial charge in [0.2, 0.25) is 0 Å². The van der Waals surface area contributed by atoms with Crippen molar-refractivity contribution in [1.82, 2.24) is 0 Å². The van der Waals surface area contributed by atoms with Crippen LogP contribution in [0, 0.1) is 5.92 Å². The molecule has 1 aliphatic rings. The van der Waals surface area contributed by atoms with E-state index in [0.29, 0.717) is 19.8 Å².